The highest BCUT2D eigenvalue weighted by Gasteiger charge is 2.83. The zero-order valence-electron chi connectivity index (χ0n) is 12.6. The van der Waals surface area contributed by atoms with E-state index in [0.717, 1.165) is 26.3 Å². The number of hydrogen-bond donors (Lipinski definition) is 1. The lowest BCUT2D eigenvalue weighted by molar-refractivity contribution is -0.259. The van der Waals surface area contributed by atoms with Gasteiger partial charge in [-0.05, 0) is 27.7 Å². The van der Waals surface area contributed by atoms with E-state index in [0.29, 0.717) is 0 Å². The van der Waals surface area contributed by atoms with Gasteiger partial charge in [0.2, 0.25) is 0 Å². The number of hydroxylamine groups is 2. The maximum absolute atomic E-state index is 11.2. The van der Waals surface area contributed by atoms with E-state index in [-0.39, 0.29) is 22.9 Å². The first-order chi connectivity index (χ1) is 8.79. The van der Waals surface area contributed by atoms with Crippen molar-refractivity contribution in [3.63, 3.8) is 0 Å². The Morgan fingerprint density at radius 1 is 1.05 bits per heavy atom. The lowest BCUT2D eigenvalue weighted by Crippen LogP contribution is -2.60. The van der Waals surface area contributed by atoms with E-state index >= 15 is 0 Å². The van der Waals surface area contributed by atoms with Crippen LogP contribution in [0.1, 0.15) is 27.7 Å². The minimum Gasteiger partial charge on any atom is -0.379 e. The predicted octanol–water partition coefficient (Wildman–Crippen LogP) is 0.687. The van der Waals surface area contributed by atoms with Crippen molar-refractivity contribution >= 4 is 0 Å². The van der Waals surface area contributed by atoms with E-state index in [1.807, 2.05) is 0 Å². The first-order valence-corrected chi connectivity index (χ1v) is 7.18. The van der Waals surface area contributed by atoms with Gasteiger partial charge in [0.05, 0.1) is 20.3 Å². The summed E-state index contributed by atoms with van der Waals surface area (Å²) in [4.78, 5) is 7.81. The monoisotopic (exact) mass is 270 g/mol. The largest absolute Gasteiger partial charge is 0.379 e. The molecule has 1 saturated carbocycles. The highest BCUT2D eigenvalue weighted by atomic mass is 16.7. The van der Waals surface area contributed by atoms with E-state index in [1.54, 1.807) is 7.11 Å². The van der Waals surface area contributed by atoms with Gasteiger partial charge in [-0.25, -0.2) is 0 Å². The summed E-state index contributed by atoms with van der Waals surface area (Å²) < 4.78 is 5.40. The van der Waals surface area contributed by atoms with Crippen LogP contribution < -0.4 is 0 Å². The Morgan fingerprint density at radius 2 is 1.53 bits per heavy atom. The minimum absolute atomic E-state index is 0.157. The van der Waals surface area contributed by atoms with Gasteiger partial charge in [-0.3, -0.25) is 4.90 Å². The summed E-state index contributed by atoms with van der Waals surface area (Å²) in [5.41, 5.74) is -1.00. The number of piperidine rings is 1. The Bertz CT molecular complexity index is 355. The normalized spacial score (nSPS) is 45.2. The van der Waals surface area contributed by atoms with E-state index in [9.17, 15) is 5.11 Å². The van der Waals surface area contributed by atoms with Gasteiger partial charge in [0.15, 0.2) is 0 Å². The van der Waals surface area contributed by atoms with E-state index < -0.39 is 5.72 Å². The predicted molar refractivity (Wildman–Crippen MR) is 71.3 cm³/mol. The molecule has 0 amide bonds. The average molecular weight is 270 g/mol. The van der Waals surface area contributed by atoms with Crippen LogP contribution in [0.15, 0.2) is 0 Å². The fourth-order valence-corrected chi connectivity index (χ4v) is 5.00. The van der Waals surface area contributed by atoms with Crippen molar-refractivity contribution in [2.24, 2.45) is 11.8 Å². The van der Waals surface area contributed by atoms with Gasteiger partial charge in [0, 0.05) is 36.0 Å². The molecule has 5 nitrogen and oxygen atoms in total. The zero-order chi connectivity index (χ0) is 14.1. The van der Waals surface area contributed by atoms with E-state index in [1.165, 1.54) is 0 Å². The van der Waals surface area contributed by atoms with Crippen LogP contribution in [0.4, 0.5) is 0 Å². The lowest BCUT2D eigenvalue weighted by Gasteiger charge is -2.47. The third-order valence-corrected chi connectivity index (χ3v) is 5.41. The van der Waals surface area contributed by atoms with Crippen LogP contribution in [0.2, 0.25) is 0 Å². The molecule has 2 atom stereocenters. The first kappa shape index (κ1) is 13.8. The average Bonchev–Trinajstić information content (AvgIpc) is 2.95. The lowest BCUT2D eigenvalue weighted by atomic mass is 9.95. The SMILES string of the molecule is CON1C(C)(C)C2C(C1(C)C)C2(O)N1CCOCC1. The molecule has 2 aliphatic heterocycles. The molecule has 0 radical (unpaired) electrons. The molecule has 0 spiro atoms. The molecule has 1 N–H and O–H groups in total. The van der Waals surface area contributed by atoms with Crippen molar-refractivity contribution in [1.29, 1.82) is 0 Å². The number of aliphatic hydroxyl groups is 1. The van der Waals surface area contributed by atoms with Gasteiger partial charge in [-0.1, -0.05) is 0 Å². The molecule has 1 aliphatic carbocycles. The number of ether oxygens (including phenoxy) is 1. The smallest absolute Gasteiger partial charge is 0.129 e. The van der Waals surface area contributed by atoms with Crippen LogP contribution in [0, 0.1) is 11.8 Å². The molecule has 0 aromatic carbocycles. The molecule has 2 saturated heterocycles. The molecular weight excluding hydrogens is 244 g/mol. The van der Waals surface area contributed by atoms with Crippen LogP contribution in [-0.2, 0) is 9.57 Å². The second-order valence-electron chi connectivity index (χ2n) is 7.12. The topological polar surface area (TPSA) is 45.2 Å². The Kier molecular flexibility index (Phi) is 2.84. The van der Waals surface area contributed by atoms with E-state index in [2.05, 4.69) is 37.7 Å². The van der Waals surface area contributed by atoms with Crippen molar-refractivity contribution in [2.75, 3.05) is 33.4 Å². The van der Waals surface area contributed by atoms with Crippen LogP contribution in [0.3, 0.4) is 0 Å². The van der Waals surface area contributed by atoms with Crippen molar-refractivity contribution in [3.05, 3.63) is 0 Å². The Morgan fingerprint density at radius 3 is 1.95 bits per heavy atom. The number of morpholine rings is 1. The molecule has 2 unspecified atom stereocenters. The number of fused-ring (bicyclic) bond motifs is 1. The summed E-state index contributed by atoms with van der Waals surface area (Å²) >= 11 is 0. The molecule has 19 heavy (non-hydrogen) atoms. The summed E-state index contributed by atoms with van der Waals surface area (Å²) in [5.74, 6) is 0.459. The van der Waals surface area contributed by atoms with Crippen molar-refractivity contribution in [3.8, 4) is 0 Å². The molecule has 0 aromatic rings. The highest BCUT2D eigenvalue weighted by molar-refractivity contribution is 5.30. The minimum atomic E-state index is -0.689. The van der Waals surface area contributed by atoms with Crippen LogP contribution in [-0.4, -0.2) is 65.3 Å². The molecule has 110 valence electrons. The number of hydrogen-bond acceptors (Lipinski definition) is 5. The molecule has 3 rings (SSSR count). The third-order valence-electron chi connectivity index (χ3n) is 5.41. The maximum atomic E-state index is 11.2. The first-order valence-electron chi connectivity index (χ1n) is 7.18. The molecule has 3 aliphatic rings. The summed E-state index contributed by atoms with van der Waals surface area (Å²) in [6.45, 7) is 11.8. The Labute approximate surface area is 115 Å². The van der Waals surface area contributed by atoms with Crippen LogP contribution >= 0.6 is 0 Å². The quantitative estimate of drug-likeness (QED) is 0.800. The van der Waals surface area contributed by atoms with E-state index in [4.69, 9.17) is 9.57 Å². The van der Waals surface area contributed by atoms with Gasteiger partial charge in [-0.2, -0.15) is 5.06 Å². The Balaban J connectivity index is 1.90. The van der Waals surface area contributed by atoms with Gasteiger partial charge in [0.1, 0.15) is 5.72 Å². The Hall–Kier alpha value is -0.200. The van der Waals surface area contributed by atoms with Crippen molar-refractivity contribution in [2.45, 2.75) is 44.5 Å². The summed E-state index contributed by atoms with van der Waals surface area (Å²) in [6.07, 6.45) is 0. The van der Waals surface area contributed by atoms with Crippen molar-refractivity contribution < 1.29 is 14.7 Å². The van der Waals surface area contributed by atoms with Gasteiger partial charge in [-0.15, -0.1) is 0 Å². The highest BCUT2D eigenvalue weighted by Crippen LogP contribution is 2.70. The number of rotatable bonds is 2. The maximum Gasteiger partial charge on any atom is 0.129 e. The molecule has 0 aromatic heterocycles. The third kappa shape index (κ3) is 1.54. The molecule has 3 fully saturated rings. The molecule has 0 bridgehead atoms. The van der Waals surface area contributed by atoms with Gasteiger partial charge in [0.25, 0.3) is 0 Å². The molecular formula is C14H26N2O3. The molecule has 5 heteroatoms. The van der Waals surface area contributed by atoms with Gasteiger partial charge < -0.3 is 14.7 Å². The molecule has 2 heterocycles. The van der Waals surface area contributed by atoms with Gasteiger partial charge >= 0.3 is 0 Å². The fourth-order valence-electron chi connectivity index (χ4n) is 5.00. The summed E-state index contributed by atoms with van der Waals surface area (Å²) in [6, 6.07) is 0. The summed E-state index contributed by atoms with van der Waals surface area (Å²) in [7, 11) is 1.72. The standard InChI is InChI=1S/C14H26N2O3/c1-12(2)10-11(13(3,4)16(12)18-5)14(10,17)15-6-8-19-9-7-15/h10-11,17H,6-9H2,1-5H3. The second kappa shape index (κ2) is 3.92. The fraction of sp³-hybridized carbons (Fsp3) is 1.00. The zero-order valence-corrected chi connectivity index (χ0v) is 12.6. The van der Waals surface area contributed by atoms with Crippen LogP contribution in [0.25, 0.3) is 0 Å². The van der Waals surface area contributed by atoms with Crippen molar-refractivity contribution in [1.82, 2.24) is 9.96 Å². The second-order valence-corrected chi connectivity index (χ2v) is 7.12. The number of nitrogens with zero attached hydrogens (tertiary/aromatic N) is 2. The van der Waals surface area contributed by atoms with Crippen LogP contribution in [0.5, 0.6) is 0 Å². The summed E-state index contributed by atoms with van der Waals surface area (Å²) in [5, 5.41) is 13.3.